The molecule has 1 amide bonds. The number of carbonyl (C=O) groups excluding carboxylic acids is 2. The van der Waals surface area contributed by atoms with Gasteiger partial charge in [-0.3, -0.25) is 9.59 Å². The third kappa shape index (κ3) is 3.96. The molecule has 0 radical (unpaired) electrons. The van der Waals surface area contributed by atoms with Gasteiger partial charge in [0.25, 0.3) is 5.91 Å². The highest BCUT2D eigenvalue weighted by atomic mass is 19.1. The first kappa shape index (κ1) is 18.0. The highest BCUT2D eigenvalue weighted by molar-refractivity contribution is 5.97. The van der Waals surface area contributed by atoms with Crippen molar-refractivity contribution in [3.8, 4) is 11.5 Å². The Morgan fingerprint density at radius 3 is 2.33 bits per heavy atom. The molecular formula is C17H22FNO5. The molecule has 0 bridgehead atoms. The predicted molar refractivity (Wildman–Crippen MR) is 84.7 cm³/mol. The SMILES string of the molecule is CNC(=O)c1cc(O[C@H]2CC[C@@H](C(=O)OC)CC2)c(F)cc1OC. The van der Waals surface area contributed by atoms with E-state index in [2.05, 4.69) is 5.32 Å². The van der Waals surface area contributed by atoms with Crippen molar-refractivity contribution >= 4 is 11.9 Å². The molecule has 1 saturated carbocycles. The summed E-state index contributed by atoms with van der Waals surface area (Å²) in [5, 5.41) is 2.48. The minimum absolute atomic E-state index is 0.0101. The molecule has 1 fully saturated rings. The molecule has 0 spiro atoms. The van der Waals surface area contributed by atoms with Crippen LogP contribution in [-0.2, 0) is 9.53 Å². The van der Waals surface area contributed by atoms with E-state index in [0.717, 1.165) is 6.07 Å². The van der Waals surface area contributed by atoms with Gasteiger partial charge in [0.2, 0.25) is 0 Å². The second-order valence-electron chi connectivity index (χ2n) is 5.68. The molecule has 0 atom stereocenters. The third-order valence-corrected chi connectivity index (χ3v) is 4.23. The Bertz CT molecular complexity index is 611. The summed E-state index contributed by atoms with van der Waals surface area (Å²) in [6.45, 7) is 0. The second-order valence-corrected chi connectivity index (χ2v) is 5.68. The van der Waals surface area contributed by atoms with Gasteiger partial charge in [-0.2, -0.15) is 0 Å². The highest BCUT2D eigenvalue weighted by Crippen LogP contribution is 2.32. The first-order valence-corrected chi connectivity index (χ1v) is 7.84. The Labute approximate surface area is 140 Å². The van der Waals surface area contributed by atoms with Gasteiger partial charge in [-0.1, -0.05) is 0 Å². The van der Waals surface area contributed by atoms with Crippen LogP contribution in [0.25, 0.3) is 0 Å². The molecule has 0 heterocycles. The summed E-state index contributed by atoms with van der Waals surface area (Å²) in [6.07, 6.45) is 2.32. The van der Waals surface area contributed by atoms with Crippen molar-refractivity contribution in [2.24, 2.45) is 5.92 Å². The van der Waals surface area contributed by atoms with Gasteiger partial charge in [0.15, 0.2) is 11.6 Å². The number of ether oxygens (including phenoxy) is 3. The van der Waals surface area contributed by atoms with E-state index < -0.39 is 5.82 Å². The molecule has 1 aliphatic carbocycles. The zero-order chi connectivity index (χ0) is 17.7. The number of rotatable bonds is 5. The number of esters is 1. The van der Waals surface area contributed by atoms with Crippen LogP contribution >= 0.6 is 0 Å². The lowest BCUT2D eigenvalue weighted by atomic mass is 9.87. The summed E-state index contributed by atoms with van der Waals surface area (Å²) in [4.78, 5) is 23.4. The van der Waals surface area contributed by atoms with Gasteiger partial charge in [0, 0.05) is 13.1 Å². The fourth-order valence-corrected chi connectivity index (χ4v) is 2.87. The maximum atomic E-state index is 14.2. The molecule has 6 nitrogen and oxygen atoms in total. The van der Waals surface area contributed by atoms with Gasteiger partial charge < -0.3 is 19.5 Å². The first-order chi connectivity index (χ1) is 11.5. The van der Waals surface area contributed by atoms with Crippen LogP contribution < -0.4 is 14.8 Å². The number of halogens is 1. The highest BCUT2D eigenvalue weighted by Gasteiger charge is 2.28. The van der Waals surface area contributed by atoms with Crippen molar-refractivity contribution in [2.45, 2.75) is 31.8 Å². The molecule has 7 heteroatoms. The number of hydrogen-bond donors (Lipinski definition) is 1. The van der Waals surface area contributed by atoms with Crippen molar-refractivity contribution in [1.29, 1.82) is 0 Å². The predicted octanol–water partition coefficient (Wildman–Crippen LogP) is 2.30. The number of carbonyl (C=O) groups is 2. The number of hydrogen-bond acceptors (Lipinski definition) is 5. The number of methoxy groups -OCH3 is 2. The standard InChI is InChI=1S/C17H22FNO5/c1-19-16(20)12-8-15(13(18)9-14(12)22-2)24-11-6-4-10(5-7-11)17(21)23-3/h8-11H,4-7H2,1-3H3,(H,19,20)/t10-,11+. The Kier molecular flexibility index (Phi) is 6.00. The normalized spacial score (nSPS) is 20.2. The Morgan fingerprint density at radius 2 is 1.79 bits per heavy atom. The minimum Gasteiger partial charge on any atom is -0.496 e. The zero-order valence-electron chi connectivity index (χ0n) is 14.1. The molecule has 0 unspecified atom stereocenters. The summed E-state index contributed by atoms with van der Waals surface area (Å²) in [5.74, 6) is -1.16. The van der Waals surface area contributed by atoms with Crippen LogP contribution in [0.15, 0.2) is 12.1 Å². The van der Waals surface area contributed by atoms with Crippen LogP contribution in [0.5, 0.6) is 11.5 Å². The fourth-order valence-electron chi connectivity index (χ4n) is 2.87. The molecular weight excluding hydrogens is 317 g/mol. The molecule has 24 heavy (non-hydrogen) atoms. The zero-order valence-corrected chi connectivity index (χ0v) is 14.1. The van der Waals surface area contributed by atoms with E-state index in [4.69, 9.17) is 14.2 Å². The van der Waals surface area contributed by atoms with Crippen LogP contribution in [0.4, 0.5) is 4.39 Å². The van der Waals surface area contributed by atoms with Crippen LogP contribution in [0.3, 0.4) is 0 Å². The monoisotopic (exact) mass is 339 g/mol. The Morgan fingerprint density at radius 1 is 1.12 bits per heavy atom. The van der Waals surface area contributed by atoms with Crippen molar-refractivity contribution in [3.05, 3.63) is 23.5 Å². The lowest BCUT2D eigenvalue weighted by Gasteiger charge is -2.27. The lowest BCUT2D eigenvalue weighted by Crippen LogP contribution is -2.29. The van der Waals surface area contributed by atoms with Crippen LogP contribution in [0.2, 0.25) is 0 Å². The number of benzene rings is 1. The van der Waals surface area contributed by atoms with Crippen LogP contribution in [-0.4, -0.2) is 39.2 Å². The maximum absolute atomic E-state index is 14.2. The largest absolute Gasteiger partial charge is 0.496 e. The molecule has 0 aliphatic heterocycles. The molecule has 0 aromatic heterocycles. The Hall–Kier alpha value is -2.31. The van der Waals surface area contributed by atoms with Gasteiger partial charge in [0.05, 0.1) is 31.8 Å². The summed E-state index contributed by atoms with van der Waals surface area (Å²) >= 11 is 0. The average Bonchev–Trinajstić information content (AvgIpc) is 2.62. The molecule has 2 rings (SSSR count). The van der Waals surface area contributed by atoms with E-state index in [1.54, 1.807) is 0 Å². The van der Waals surface area contributed by atoms with Crippen molar-refractivity contribution in [3.63, 3.8) is 0 Å². The summed E-state index contributed by atoms with van der Waals surface area (Å²) < 4.78 is 29.7. The topological polar surface area (TPSA) is 73.9 Å². The van der Waals surface area contributed by atoms with Crippen molar-refractivity contribution in [1.82, 2.24) is 5.32 Å². The second kappa shape index (κ2) is 7.99. The third-order valence-electron chi connectivity index (χ3n) is 4.23. The summed E-state index contributed by atoms with van der Waals surface area (Å²) in [7, 11) is 4.23. The van der Waals surface area contributed by atoms with Gasteiger partial charge in [-0.15, -0.1) is 0 Å². The molecule has 1 aliphatic rings. The van der Waals surface area contributed by atoms with E-state index in [9.17, 15) is 14.0 Å². The van der Waals surface area contributed by atoms with E-state index in [1.807, 2.05) is 0 Å². The van der Waals surface area contributed by atoms with Gasteiger partial charge >= 0.3 is 5.97 Å². The van der Waals surface area contributed by atoms with Gasteiger partial charge in [0.1, 0.15) is 5.75 Å². The molecule has 1 N–H and O–H groups in total. The lowest BCUT2D eigenvalue weighted by molar-refractivity contribution is -0.147. The van der Waals surface area contributed by atoms with E-state index in [-0.39, 0.29) is 41.0 Å². The smallest absolute Gasteiger partial charge is 0.308 e. The van der Waals surface area contributed by atoms with E-state index >= 15 is 0 Å². The fraction of sp³-hybridized carbons (Fsp3) is 0.529. The number of amides is 1. The Balaban J connectivity index is 2.10. The maximum Gasteiger partial charge on any atom is 0.308 e. The minimum atomic E-state index is -0.588. The molecule has 0 saturated heterocycles. The molecule has 1 aromatic carbocycles. The van der Waals surface area contributed by atoms with Crippen molar-refractivity contribution in [2.75, 3.05) is 21.3 Å². The quantitative estimate of drug-likeness (QED) is 0.833. The first-order valence-electron chi connectivity index (χ1n) is 7.84. The van der Waals surface area contributed by atoms with Crippen LogP contribution in [0.1, 0.15) is 36.0 Å². The van der Waals surface area contributed by atoms with Gasteiger partial charge in [-0.05, 0) is 31.7 Å². The van der Waals surface area contributed by atoms with Gasteiger partial charge in [-0.25, -0.2) is 4.39 Å². The van der Waals surface area contributed by atoms with E-state index in [1.165, 1.54) is 27.3 Å². The summed E-state index contributed by atoms with van der Waals surface area (Å²) in [5.41, 5.74) is 0.208. The summed E-state index contributed by atoms with van der Waals surface area (Å²) in [6, 6.07) is 2.49. The molecule has 1 aromatic rings. The van der Waals surface area contributed by atoms with Crippen molar-refractivity contribution < 1.29 is 28.2 Å². The average molecular weight is 339 g/mol. The molecule has 132 valence electrons. The van der Waals surface area contributed by atoms with E-state index in [0.29, 0.717) is 25.7 Å². The van der Waals surface area contributed by atoms with Crippen LogP contribution in [0, 0.1) is 11.7 Å². The number of nitrogens with one attached hydrogen (secondary N) is 1.